The number of fused-ring (bicyclic) bond motifs is 1. The Labute approximate surface area is 109 Å². The summed E-state index contributed by atoms with van der Waals surface area (Å²) in [6.45, 7) is 3.23. The van der Waals surface area contributed by atoms with Gasteiger partial charge in [-0.25, -0.2) is 9.97 Å². The van der Waals surface area contributed by atoms with E-state index in [4.69, 9.17) is 0 Å². The zero-order chi connectivity index (χ0) is 15.3. The van der Waals surface area contributed by atoms with E-state index in [1.54, 1.807) is 13.8 Å². The summed E-state index contributed by atoms with van der Waals surface area (Å²) in [7, 11) is 0. The van der Waals surface area contributed by atoms with E-state index < -0.39 is 23.7 Å². The third kappa shape index (κ3) is 2.10. The number of halogens is 6. The molecule has 0 fully saturated rings. The highest BCUT2D eigenvalue weighted by Gasteiger charge is 2.60. The number of hydrogen-bond acceptors (Lipinski definition) is 2. The average molecular weight is 297 g/mol. The maximum atomic E-state index is 13.8. The third-order valence-electron chi connectivity index (χ3n) is 2.71. The normalized spacial score (nSPS) is 13.4. The summed E-state index contributed by atoms with van der Waals surface area (Å²) in [6.07, 6.45) is -5.21. The van der Waals surface area contributed by atoms with E-state index in [1.165, 1.54) is 0 Å². The van der Waals surface area contributed by atoms with Gasteiger partial charge in [0.15, 0.2) is 0 Å². The van der Waals surface area contributed by atoms with Crippen molar-refractivity contribution in [2.75, 3.05) is 0 Å². The number of aromatic nitrogens is 3. The molecule has 110 valence electrons. The first-order valence-electron chi connectivity index (χ1n) is 5.54. The van der Waals surface area contributed by atoms with Crippen LogP contribution in [0, 0.1) is 5.95 Å². The summed E-state index contributed by atoms with van der Waals surface area (Å²) in [5.41, 5.74) is -1.89. The summed E-state index contributed by atoms with van der Waals surface area (Å²) >= 11 is 0. The van der Waals surface area contributed by atoms with Crippen molar-refractivity contribution in [2.45, 2.75) is 31.9 Å². The van der Waals surface area contributed by atoms with Crippen molar-refractivity contribution < 1.29 is 26.3 Å². The van der Waals surface area contributed by atoms with E-state index in [-0.39, 0.29) is 17.3 Å². The highest BCUT2D eigenvalue weighted by atomic mass is 19.4. The van der Waals surface area contributed by atoms with E-state index in [2.05, 4.69) is 9.97 Å². The summed E-state index contributed by atoms with van der Waals surface area (Å²) in [4.78, 5) is 6.71. The van der Waals surface area contributed by atoms with Crippen molar-refractivity contribution in [3.8, 4) is 0 Å². The van der Waals surface area contributed by atoms with Crippen LogP contribution in [0.15, 0.2) is 12.4 Å². The third-order valence-corrected chi connectivity index (χ3v) is 2.71. The van der Waals surface area contributed by atoms with Crippen LogP contribution in [0.25, 0.3) is 5.65 Å². The van der Waals surface area contributed by atoms with Gasteiger partial charge in [-0.1, -0.05) is 13.8 Å². The minimum atomic E-state index is -5.77. The van der Waals surface area contributed by atoms with Crippen molar-refractivity contribution >= 4 is 5.65 Å². The molecule has 0 saturated carbocycles. The Balaban J connectivity index is 2.61. The standard InChI is InChI=1S/C11H9F6N3/c1-5(2)8-9(12)20-4-18-6(3-7(20)19-8)10(13,14)11(15,16)17/h3-5H,1-2H3. The van der Waals surface area contributed by atoms with Gasteiger partial charge in [0, 0.05) is 12.0 Å². The molecule has 0 aliphatic rings. The van der Waals surface area contributed by atoms with Crippen LogP contribution in [-0.2, 0) is 5.92 Å². The molecule has 2 aromatic heterocycles. The van der Waals surface area contributed by atoms with E-state index in [0.29, 0.717) is 12.4 Å². The molecule has 0 aliphatic carbocycles. The van der Waals surface area contributed by atoms with Crippen molar-refractivity contribution in [3.05, 3.63) is 29.7 Å². The first-order chi connectivity index (χ1) is 9.05. The molecular weight excluding hydrogens is 288 g/mol. The summed E-state index contributed by atoms with van der Waals surface area (Å²) in [5, 5.41) is 0. The molecule has 0 bridgehead atoms. The second-order valence-corrected chi connectivity index (χ2v) is 4.52. The first kappa shape index (κ1) is 14.6. The fourth-order valence-electron chi connectivity index (χ4n) is 1.62. The molecule has 2 heterocycles. The lowest BCUT2D eigenvalue weighted by atomic mass is 10.1. The molecule has 9 heteroatoms. The second kappa shape index (κ2) is 4.35. The summed E-state index contributed by atoms with van der Waals surface area (Å²) in [5.74, 6) is -6.29. The molecule has 0 atom stereocenters. The zero-order valence-electron chi connectivity index (χ0n) is 10.3. The smallest absolute Gasteiger partial charge is 0.259 e. The molecule has 0 spiro atoms. The Morgan fingerprint density at radius 2 is 1.75 bits per heavy atom. The van der Waals surface area contributed by atoms with Gasteiger partial charge in [-0.15, -0.1) is 0 Å². The molecule has 2 aromatic rings. The molecule has 3 nitrogen and oxygen atoms in total. The van der Waals surface area contributed by atoms with Crippen LogP contribution in [0.5, 0.6) is 0 Å². The molecule has 0 aliphatic heterocycles. The van der Waals surface area contributed by atoms with Crippen LogP contribution < -0.4 is 0 Å². The van der Waals surface area contributed by atoms with Crippen molar-refractivity contribution in [3.63, 3.8) is 0 Å². The fraction of sp³-hybridized carbons (Fsp3) is 0.455. The minimum absolute atomic E-state index is 0.0284. The Morgan fingerprint density at radius 1 is 1.15 bits per heavy atom. The summed E-state index contributed by atoms with van der Waals surface area (Å²) in [6, 6.07) is 0.433. The van der Waals surface area contributed by atoms with Crippen LogP contribution in [0.2, 0.25) is 0 Å². The molecule has 0 radical (unpaired) electrons. The van der Waals surface area contributed by atoms with Gasteiger partial charge in [-0.3, -0.25) is 4.40 Å². The predicted octanol–water partition coefficient (Wildman–Crippen LogP) is 3.65. The molecule has 2 rings (SSSR count). The SMILES string of the molecule is CC(C)c1nc2cc(C(F)(F)C(F)(F)F)ncn2c1F. The largest absolute Gasteiger partial charge is 0.459 e. The van der Waals surface area contributed by atoms with E-state index in [0.717, 1.165) is 4.40 Å². The van der Waals surface area contributed by atoms with E-state index in [9.17, 15) is 26.3 Å². The second-order valence-electron chi connectivity index (χ2n) is 4.52. The Kier molecular flexibility index (Phi) is 3.18. The minimum Gasteiger partial charge on any atom is -0.259 e. The maximum Gasteiger partial charge on any atom is 0.459 e. The van der Waals surface area contributed by atoms with E-state index in [1.807, 2.05) is 0 Å². The lowest BCUT2D eigenvalue weighted by Gasteiger charge is -2.18. The van der Waals surface area contributed by atoms with Crippen molar-refractivity contribution in [1.82, 2.24) is 14.4 Å². The van der Waals surface area contributed by atoms with Crippen molar-refractivity contribution in [1.29, 1.82) is 0 Å². The first-order valence-corrected chi connectivity index (χ1v) is 5.54. The molecule has 0 saturated heterocycles. The van der Waals surface area contributed by atoms with Crippen LogP contribution in [0.3, 0.4) is 0 Å². The number of nitrogens with zero attached hydrogens (tertiary/aromatic N) is 3. The molecule has 0 N–H and O–H groups in total. The van der Waals surface area contributed by atoms with Gasteiger partial charge in [0.25, 0.3) is 0 Å². The van der Waals surface area contributed by atoms with Gasteiger partial charge < -0.3 is 0 Å². The van der Waals surface area contributed by atoms with Gasteiger partial charge in [-0.05, 0) is 0 Å². The van der Waals surface area contributed by atoms with Gasteiger partial charge in [0.2, 0.25) is 5.95 Å². The average Bonchev–Trinajstić information content (AvgIpc) is 2.65. The van der Waals surface area contributed by atoms with Crippen LogP contribution in [0.4, 0.5) is 26.3 Å². The Bertz CT molecular complexity index is 643. The number of alkyl halides is 5. The highest BCUT2D eigenvalue weighted by molar-refractivity contribution is 5.42. The molecule has 0 unspecified atom stereocenters. The monoisotopic (exact) mass is 297 g/mol. The van der Waals surface area contributed by atoms with E-state index >= 15 is 0 Å². The van der Waals surface area contributed by atoms with Gasteiger partial charge in [-0.2, -0.15) is 26.3 Å². The van der Waals surface area contributed by atoms with Gasteiger partial charge in [0.05, 0.1) is 5.69 Å². The Morgan fingerprint density at radius 3 is 2.25 bits per heavy atom. The lowest BCUT2D eigenvalue weighted by molar-refractivity contribution is -0.290. The number of imidazole rings is 1. The topological polar surface area (TPSA) is 30.2 Å². The fourth-order valence-corrected chi connectivity index (χ4v) is 1.62. The molecule has 20 heavy (non-hydrogen) atoms. The molecule has 0 aromatic carbocycles. The lowest BCUT2D eigenvalue weighted by Crippen LogP contribution is -2.34. The zero-order valence-corrected chi connectivity index (χ0v) is 10.3. The number of hydrogen-bond donors (Lipinski definition) is 0. The highest BCUT2D eigenvalue weighted by Crippen LogP contribution is 2.43. The van der Waals surface area contributed by atoms with Crippen LogP contribution in [0.1, 0.15) is 31.2 Å². The van der Waals surface area contributed by atoms with Crippen LogP contribution in [-0.4, -0.2) is 20.5 Å². The molecule has 0 amide bonds. The summed E-state index contributed by atoms with van der Waals surface area (Å²) < 4.78 is 77.5. The molecular formula is C11H9F6N3. The Hall–Kier alpha value is -1.80. The quantitative estimate of drug-likeness (QED) is 0.792. The van der Waals surface area contributed by atoms with Crippen LogP contribution >= 0.6 is 0 Å². The predicted molar refractivity (Wildman–Crippen MR) is 57.0 cm³/mol. The number of rotatable bonds is 2. The van der Waals surface area contributed by atoms with Gasteiger partial charge >= 0.3 is 12.1 Å². The van der Waals surface area contributed by atoms with Crippen molar-refractivity contribution in [2.24, 2.45) is 0 Å². The maximum absolute atomic E-state index is 13.8. The van der Waals surface area contributed by atoms with Gasteiger partial charge in [0.1, 0.15) is 17.7 Å².